The van der Waals surface area contributed by atoms with E-state index < -0.39 is 0 Å². The molecule has 0 atom stereocenters. The summed E-state index contributed by atoms with van der Waals surface area (Å²) in [6.45, 7) is 5.38. The Bertz CT molecular complexity index is 603. The molecule has 0 aromatic carbocycles. The second kappa shape index (κ2) is 5.76. The number of aryl methyl sites for hydroxylation is 1. The van der Waals surface area contributed by atoms with Crippen molar-refractivity contribution in [1.29, 1.82) is 0 Å². The molecule has 0 amide bonds. The van der Waals surface area contributed by atoms with Gasteiger partial charge in [0, 0.05) is 28.3 Å². The van der Waals surface area contributed by atoms with Crippen LogP contribution in [0.5, 0.6) is 11.5 Å². The number of thiophene rings is 1. The maximum atomic E-state index is 5.97. The van der Waals surface area contributed by atoms with Gasteiger partial charge >= 0.3 is 0 Å². The monoisotopic (exact) mass is 326 g/mol. The second-order valence-corrected chi connectivity index (χ2v) is 7.09. The summed E-state index contributed by atoms with van der Waals surface area (Å²) >= 11 is 3.18. The van der Waals surface area contributed by atoms with Crippen LogP contribution in [0.3, 0.4) is 0 Å². The van der Waals surface area contributed by atoms with Crippen molar-refractivity contribution in [1.82, 2.24) is 14.9 Å². The molecule has 0 fully saturated rings. The third kappa shape index (κ3) is 2.96. The Hall–Kier alpha value is -1.41. The zero-order valence-corrected chi connectivity index (χ0v) is 13.7. The molecule has 0 saturated heterocycles. The van der Waals surface area contributed by atoms with Gasteiger partial charge in [-0.15, -0.1) is 21.5 Å². The van der Waals surface area contributed by atoms with Crippen LogP contribution >= 0.6 is 23.1 Å². The molecule has 2 aromatic rings. The van der Waals surface area contributed by atoms with Gasteiger partial charge in [0.15, 0.2) is 17.3 Å². The molecule has 8 heteroatoms. The van der Waals surface area contributed by atoms with Crippen LogP contribution in [0.1, 0.15) is 19.7 Å². The third-order valence-corrected chi connectivity index (χ3v) is 5.42. The Kier molecular flexibility index (Phi) is 3.99. The predicted octanol–water partition coefficient (Wildman–Crippen LogP) is 2.19. The fraction of sp³-hybridized carbons (Fsp3) is 0.538. The van der Waals surface area contributed by atoms with Crippen LogP contribution in [0.4, 0.5) is 0 Å². The van der Waals surface area contributed by atoms with Crippen molar-refractivity contribution in [3.8, 4) is 11.5 Å². The molecule has 114 valence electrons. The van der Waals surface area contributed by atoms with Crippen molar-refractivity contribution >= 4 is 23.1 Å². The first kappa shape index (κ1) is 14.5. The maximum Gasteiger partial charge on any atom is 0.209 e. The lowest BCUT2D eigenvalue weighted by molar-refractivity contribution is 0.144. The molecule has 21 heavy (non-hydrogen) atoms. The molecule has 0 saturated carbocycles. The smallest absolute Gasteiger partial charge is 0.209 e. The Morgan fingerprint density at radius 1 is 1.33 bits per heavy atom. The number of fused-ring (bicyclic) bond motifs is 1. The van der Waals surface area contributed by atoms with Crippen LogP contribution in [0, 0.1) is 5.41 Å². The highest BCUT2D eigenvalue weighted by Crippen LogP contribution is 2.38. The lowest BCUT2D eigenvalue weighted by atomic mass is 9.96. The molecule has 0 spiro atoms. The summed E-state index contributed by atoms with van der Waals surface area (Å²) in [6, 6.07) is 0. The van der Waals surface area contributed by atoms with Crippen molar-refractivity contribution in [2.75, 3.05) is 24.8 Å². The summed E-state index contributed by atoms with van der Waals surface area (Å²) in [5.41, 5.74) is -0.0975. The molecule has 6 nitrogen and oxygen atoms in total. The lowest BCUT2D eigenvalue weighted by Gasteiger charge is -2.25. The summed E-state index contributed by atoms with van der Waals surface area (Å²) in [7, 11) is 0. The fourth-order valence-electron chi connectivity index (χ4n) is 2.00. The van der Waals surface area contributed by atoms with Crippen molar-refractivity contribution < 1.29 is 9.47 Å². The van der Waals surface area contributed by atoms with E-state index in [-0.39, 0.29) is 5.41 Å². The normalized spacial score (nSPS) is 16.7. The number of thioether (sulfide) groups is 1. The van der Waals surface area contributed by atoms with E-state index >= 15 is 0 Å². The molecule has 0 unspecified atom stereocenters. The highest BCUT2D eigenvalue weighted by atomic mass is 32.2. The second-order valence-electron chi connectivity index (χ2n) is 5.40. The van der Waals surface area contributed by atoms with Gasteiger partial charge in [0.2, 0.25) is 5.16 Å². The van der Waals surface area contributed by atoms with Crippen molar-refractivity contribution in [3.63, 3.8) is 0 Å². The average molecular weight is 326 g/mol. The van der Waals surface area contributed by atoms with Gasteiger partial charge in [-0.25, -0.2) is 4.68 Å². The highest BCUT2D eigenvalue weighted by Gasteiger charge is 2.31. The molecule has 3 heterocycles. The van der Waals surface area contributed by atoms with Gasteiger partial charge in [-0.2, -0.15) is 0 Å². The number of aromatic nitrogens is 3. The van der Waals surface area contributed by atoms with Crippen LogP contribution in [0.2, 0.25) is 0 Å². The molecule has 1 aliphatic heterocycles. The van der Waals surface area contributed by atoms with E-state index in [9.17, 15) is 0 Å². The quantitative estimate of drug-likeness (QED) is 0.686. The SMILES string of the molecule is CCc1nnc(SCC2(C)COc3cscc3OC2)n1N. The van der Waals surface area contributed by atoms with Crippen molar-refractivity contribution in [2.45, 2.75) is 25.4 Å². The minimum atomic E-state index is -0.0975. The van der Waals surface area contributed by atoms with Crippen LogP contribution in [-0.4, -0.2) is 33.8 Å². The molecule has 1 aliphatic rings. The largest absolute Gasteiger partial charge is 0.488 e. The molecule has 0 radical (unpaired) electrons. The van der Waals surface area contributed by atoms with Crippen LogP contribution < -0.4 is 15.3 Å². The van der Waals surface area contributed by atoms with Gasteiger partial charge in [0.1, 0.15) is 0 Å². The first-order valence-electron chi connectivity index (χ1n) is 6.75. The van der Waals surface area contributed by atoms with E-state index in [1.165, 1.54) is 0 Å². The van der Waals surface area contributed by atoms with Crippen molar-refractivity contribution in [3.05, 3.63) is 16.6 Å². The van der Waals surface area contributed by atoms with Gasteiger partial charge in [-0.1, -0.05) is 25.6 Å². The Morgan fingerprint density at radius 3 is 2.57 bits per heavy atom. The molecule has 2 aromatic heterocycles. The van der Waals surface area contributed by atoms with Gasteiger partial charge in [0.05, 0.1) is 13.2 Å². The zero-order chi connectivity index (χ0) is 14.9. The number of nitrogens with zero attached hydrogens (tertiary/aromatic N) is 3. The molecule has 2 N–H and O–H groups in total. The third-order valence-electron chi connectivity index (χ3n) is 3.35. The Morgan fingerprint density at radius 2 is 2.00 bits per heavy atom. The number of nitrogen functional groups attached to an aromatic ring is 1. The summed E-state index contributed by atoms with van der Waals surface area (Å²) in [4.78, 5) is 0. The first-order valence-corrected chi connectivity index (χ1v) is 8.68. The molecular weight excluding hydrogens is 308 g/mol. The summed E-state index contributed by atoms with van der Waals surface area (Å²) in [5, 5.41) is 12.9. The summed E-state index contributed by atoms with van der Waals surface area (Å²) in [6.07, 6.45) is 0.771. The Labute approximate surface area is 131 Å². The standard InChI is InChI=1S/C13H18N4O2S2/c1-3-11-15-16-12(17(11)14)21-8-13(2)6-18-9-4-20-5-10(9)19-7-13/h4-5H,3,6-8,14H2,1-2H3. The van der Waals surface area contributed by atoms with E-state index in [1.807, 2.05) is 17.7 Å². The van der Waals surface area contributed by atoms with E-state index in [0.717, 1.165) is 34.7 Å². The highest BCUT2D eigenvalue weighted by molar-refractivity contribution is 7.99. The Balaban J connectivity index is 1.64. The van der Waals surface area contributed by atoms with Crippen molar-refractivity contribution in [2.24, 2.45) is 5.41 Å². The minimum absolute atomic E-state index is 0.0975. The van der Waals surface area contributed by atoms with E-state index in [1.54, 1.807) is 27.8 Å². The summed E-state index contributed by atoms with van der Waals surface area (Å²) in [5.74, 6) is 9.23. The van der Waals surface area contributed by atoms with Crippen LogP contribution in [0.25, 0.3) is 0 Å². The molecule has 0 bridgehead atoms. The first-order chi connectivity index (χ1) is 10.1. The molecule has 0 aliphatic carbocycles. The van der Waals surface area contributed by atoms with Gasteiger partial charge in [-0.3, -0.25) is 0 Å². The topological polar surface area (TPSA) is 75.2 Å². The minimum Gasteiger partial charge on any atom is -0.488 e. The number of ether oxygens (including phenoxy) is 2. The van der Waals surface area contributed by atoms with E-state index in [4.69, 9.17) is 15.3 Å². The van der Waals surface area contributed by atoms with E-state index in [2.05, 4.69) is 17.1 Å². The number of rotatable bonds is 4. The van der Waals surface area contributed by atoms with Gasteiger partial charge < -0.3 is 15.3 Å². The molecular formula is C13H18N4O2S2. The molecule has 3 rings (SSSR count). The predicted molar refractivity (Wildman–Crippen MR) is 83.7 cm³/mol. The van der Waals surface area contributed by atoms with Crippen LogP contribution in [0.15, 0.2) is 15.9 Å². The maximum absolute atomic E-state index is 5.97. The average Bonchev–Trinajstić information content (AvgIpc) is 3.04. The summed E-state index contributed by atoms with van der Waals surface area (Å²) < 4.78 is 13.3. The van der Waals surface area contributed by atoms with Gasteiger partial charge in [0.25, 0.3) is 0 Å². The van der Waals surface area contributed by atoms with Crippen LogP contribution in [-0.2, 0) is 6.42 Å². The number of hydrogen-bond acceptors (Lipinski definition) is 7. The fourth-order valence-corrected chi connectivity index (χ4v) is 3.67. The number of nitrogens with two attached hydrogens (primary N) is 1. The lowest BCUT2D eigenvalue weighted by Crippen LogP contribution is -2.33. The zero-order valence-electron chi connectivity index (χ0n) is 12.0. The van der Waals surface area contributed by atoms with E-state index in [0.29, 0.717) is 13.2 Å². The van der Waals surface area contributed by atoms with Gasteiger partial charge in [-0.05, 0) is 0 Å². The number of hydrogen-bond donors (Lipinski definition) is 1.